The Balaban J connectivity index is 2.28. The van der Waals surface area contributed by atoms with Crippen LogP contribution in [0.3, 0.4) is 0 Å². The molecule has 5 atom stereocenters. The van der Waals surface area contributed by atoms with Gasteiger partial charge in [0.1, 0.15) is 5.60 Å². The quantitative estimate of drug-likeness (QED) is 0.637. The summed E-state index contributed by atoms with van der Waals surface area (Å²) < 4.78 is 0. The Kier molecular flexibility index (Phi) is 3.97. The number of rotatable bonds is 1. The number of aliphatic hydroxyl groups excluding tert-OH is 1. The molecule has 0 amide bonds. The summed E-state index contributed by atoms with van der Waals surface area (Å²) in [6.07, 6.45) is 4.62. The second-order valence-corrected chi connectivity index (χ2v) is 9.82. The minimum atomic E-state index is -1.66. The van der Waals surface area contributed by atoms with Gasteiger partial charge < -0.3 is 15.3 Å². The maximum atomic E-state index is 12.7. The van der Waals surface area contributed by atoms with Gasteiger partial charge in [-0.3, -0.25) is 4.79 Å². The van der Waals surface area contributed by atoms with E-state index < -0.39 is 17.1 Å². The summed E-state index contributed by atoms with van der Waals surface area (Å²) in [5.74, 6) is -1.31. The summed E-state index contributed by atoms with van der Waals surface area (Å²) in [6.45, 7) is 12.3. The van der Waals surface area contributed by atoms with Crippen molar-refractivity contribution in [2.75, 3.05) is 6.61 Å². The molecule has 0 radical (unpaired) electrons. The Morgan fingerprint density at radius 3 is 2.28 bits per heavy atom. The first kappa shape index (κ1) is 18.8. The summed E-state index contributed by atoms with van der Waals surface area (Å²) in [7, 11) is 0. The fourth-order valence-electron chi connectivity index (χ4n) is 5.74. The van der Waals surface area contributed by atoms with Crippen molar-refractivity contribution in [3.05, 3.63) is 23.3 Å². The van der Waals surface area contributed by atoms with Crippen molar-refractivity contribution in [1.82, 2.24) is 0 Å². The van der Waals surface area contributed by atoms with Crippen molar-refractivity contribution < 1.29 is 20.1 Å². The molecule has 0 aromatic rings. The van der Waals surface area contributed by atoms with Crippen molar-refractivity contribution >= 4 is 5.78 Å². The zero-order valence-corrected chi connectivity index (χ0v) is 16.3. The smallest absolute Gasteiger partial charge is 0.190 e. The summed E-state index contributed by atoms with van der Waals surface area (Å²) in [5, 5.41) is 33.2. The number of aliphatic hydroxyl groups is 3. The Labute approximate surface area is 150 Å². The number of Topliss-reactive ketones (excluding diaryl/α,β-unsaturated/α-hetero) is 1. The first-order valence-corrected chi connectivity index (χ1v) is 9.30. The highest BCUT2D eigenvalue weighted by Gasteiger charge is 2.67. The van der Waals surface area contributed by atoms with Crippen molar-refractivity contribution in [3.63, 3.8) is 0 Å². The topological polar surface area (TPSA) is 77.8 Å². The van der Waals surface area contributed by atoms with Gasteiger partial charge in [-0.1, -0.05) is 46.8 Å². The number of hydrogen-bond donors (Lipinski definition) is 3. The molecule has 0 aromatic carbocycles. The van der Waals surface area contributed by atoms with Crippen LogP contribution in [0, 0.1) is 28.6 Å². The molecule has 0 bridgehead atoms. The molecule has 1 saturated carbocycles. The molecule has 3 rings (SSSR count). The first-order chi connectivity index (χ1) is 11.3. The van der Waals surface area contributed by atoms with Crippen LogP contribution in [0.25, 0.3) is 0 Å². The van der Waals surface area contributed by atoms with E-state index in [-0.39, 0.29) is 41.5 Å². The molecule has 3 N–H and O–H groups in total. The Bertz CT molecular complexity index is 671. The number of ketones is 1. The van der Waals surface area contributed by atoms with Gasteiger partial charge in [-0.25, -0.2) is 0 Å². The molecular formula is C21H32O4. The Hall–Kier alpha value is -0.970. The van der Waals surface area contributed by atoms with Crippen molar-refractivity contribution in [2.45, 2.75) is 65.6 Å². The fourth-order valence-corrected chi connectivity index (χ4v) is 5.74. The summed E-state index contributed by atoms with van der Waals surface area (Å²) in [6, 6.07) is 0. The van der Waals surface area contributed by atoms with E-state index in [0.717, 1.165) is 6.42 Å². The molecule has 4 heteroatoms. The highest BCUT2D eigenvalue weighted by atomic mass is 16.3. The second-order valence-electron chi connectivity index (χ2n) is 9.82. The normalized spacial score (nSPS) is 45.2. The second kappa shape index (κ2) is 5.28. The lowest BCUT2D eigenvalue weighted by Crippen LogP contribution is -2.65. The van der Waals surface area contributed by atoms with E-state index in [2.05, 4.69) is 27.7 Å². The van der Waals surface area contributed by atoms with E-state index in [4.69, 9.17) is 0 Å². The van der Waals surface area contributed by atoms with Crippen LogP contribution in [0.15, 0.2) is 23.3 Å². The fraction of sp³-hybridized carbons (Fsp3) is 0.762. The zero-order chi connectivity index (χ0) is 19.0. The van der Waals surface area contributed by atoms with Gasteiger partial charge in [0.15, 0.2) is 5.78 Å². The molecule has 0 unspecified atom stereocenters. The molecule has 0 heterocycles. The lowest BCUT2D eigenvalue weighted by atomic mass is 9.45. The highest BCUT2D eigenvalue weighted by Crippen LogP contribution is 2.64. The molecule has 3 aliphatic rings. The van der Waals surface area contributed by atoms with Gasteiger partial charge in [0.25, 0.3) is 0 Å². The van der Waals surface area contributed by atoms with Crippen LogP contribution in [0.5, 0.6) is 0 Å². The Morgan fingerprint density at radius 1 is 1.12 bits per heavy atom. The first-order valence-electron chi connectivity index (χ1n) is 9.30. The zero-order valence-electron chi connectivity index (χ0n) is 16.3. The van der Waals surface area contributed by atoms with Crippen molar-refractivity contribution in [3.8, 4) is 0 Å². The third kappa shape index (κ3) is 2.20. The Morgan fingerprint density at radius 2 is 1.72 bits per heavy atom. The maximum Gasteiger partial charge on any atom is 0.190 e. The minimum absolute atomic E-state index is 0.0236. The van der Waals surface area contributed by atoms with E-state index in [9.17, 15) is 20.1 Å². The van der Waals surface area contributed by atoms with Crippen LogP contribution in [-0.4, -0.2) is 38.9 Å². The van der Waals surface area contributed by atoms with Gasteiger partial charge in [-0.05, 0) is 41.2 Å². The molecule has 0 aromatic heterocycles. The van der Waals surface area contributed by atoms with Crippen LogP contribution >= 0.6 is 0 Å². The molecule has 0 aliphatic heterocycles. The number of fused-ring (bicyclic) bond motifs is 3. The number of carbonyl (C=O) groups is 1. The predicted molar refractivity (Wildman–Crippen MR) is 96.8 cm³/mol. The van der Waals surface area contributed by atoms with Gasteiger partial charge in [-0.2, -0.15) is 0 Å². The molecule has 1 fully saturated rings. The summed E-state index contributed by atoms with van der Waals surface area (Å²) >= 11 is 0. The lowest BCUT2D eigenvalue weighted by Gasteiger charge is -2.62. The van der Waals surface area contributed by atoms with Gasteiger partial charge in [0.05, 0.1) is 12.2 Å². The number of hydrogen-bond acceptors (Lipinski definition) is 4. The molecule has 0 spiro atoms. The minimum Gasteiger partial charge on any atom is -0.392 e. The lowest BCUT2D eigenvalue weighted by molar-refractivity contribution is -0.212. The van der Waals surface area contributed by atoms with Crippen LogP contribution in [-0.2, 0) is 4.79 Å². The molecule has 140 valence electrons. The largest absolute Gasteiger partial charge is 0.392 e. The average Bonchev–Trinajstić information content (AvgIpc) is 2.66. The molecule has 4 nitrogen and oxygen atoms in total. The van der Waals surface area contributed by atoms with Crippen LogP contribution in [0.4, 0.5) is 0 Å². The van der Waals surface area contributed by atoms with Crippen molar-refractivity contribution in [1.29, 1.82) is 0 Å². The standard InChI is InChI=1S/C21H32O4/c1-12-7-16-20(24,17(12)23)10-14(11-22)8-15-19(5,6)18(3,4)9-13(2)21(15,16)25/h7-8,13,15-16,22,24-25H,9-11H2,1-6H3/t13-,15+,16-,20-,21-/m1/s1. The predicted octanol–water partition coefficient (Wildman–Crippen LogP) is 2.62. The van der Waals surface area contributed by atoms with Crippen LogP contribution < -0.4 is 0 Å². The molecule has 25 heavy (non-hydrogen) atoms. The van der Waals surface area contributed by atoms with E-state index in [1.54, 1.807) is 13.0 Å². The molecule has 3 aliphatic carbocycles. The summed E-state index contributed by atoms with van der Waals surface area (Å²) in [5.41, 5.74) is -2.01. The third-order valence-corrected chi connectivity index (χ3v) is 7.91. The SMILES string of the molecule is CC1=C[C@H]2[C@@]3(O)[C@H](C)CC(C)(C)C(C)(C)[C@@H]3C=C(CO)C[C@]2(O)C1=O. The maximum absolute atomic E-state index is 12.7. The van der Waals surface area contributed by atoms with E-state index in [1.807, 2.05) is 13.0 Å². The van der Waals surface area contributed by atoms with Crippen LogP contribution in [0.1, 0.15) is 54.4 Å². The molecule has 0 saturated heterocycles. The number of carbonyl (C=O) groups excluding carboxylic acids is 1. The van der Waals surface area contributed by atoms with Gasteiger partial charge >= 0.3 is 0 Å². The van der Waals surface area contributed by atoms with Gasteiger partial charge in [0, 0.05) is 18.3 Å². The van der Waals surface area contributed by atoms with Crippen LogP contribution in [0.2, 0.25) is 0 Å². The monoisotopic (exact) mass is 348 g/mol. The highest BCUT2D eigenvalue weighted by molar-refractivity contribution is 6.04. The van der Waals surface area contributed by atoms with E-state index >= 15 is 0 Å². The van der Waals surface area contributed by atoms with Gasteiger partial charge in [0.2, 0.25) is 0 Å². The average molecular weight is 348 g/mol. The summed E-state index contributed by atoms with van der Waals surface area (Å²) in [4.78, 5) is 12.7. The van der Waals surface area contributed by atoms with Gasteiger partial charge in [-0.15, -0.1) is 0 Å². The van der Waals surface area contributed by atoms with E-state index in [0.29, 0.717) is 11.1 Å². The third-order valence-electron chi connectivity index (χ3n) is 7.91. The molecular weight excluding hydrogens is 316 g/mol. The van der Waals surface area contributed by atoms with E-state index in [1.165, 1.54) is 0 Å². The van der Waals surface area contributed by atoms with Crippen molar-refractivity contribution in [2.24, 2.45) is 28.6 Å².